The molecule has 4 nitrogen and oxygen atoms in total. The Morgan fingerprint density at radius 2 is 2.05 bits per heavy atom. The number of rotatable bonds is 2. The van der Waals surface area contributed by atoms with Gasteiger partial charge in [0.05, 0.1) is 12.0 Å². The third kappa shape index (κ3) is 2.35. The molecular formula is C11H14F3NO3S. The van der Waals surface area contributed by atoms with E-state index in [1.54, 1.807) is 0 Å². The quantitative estimate of drug-likeness (QED) is 0.778. The summed E-state index contributed by atoms with van der Waals surface area (Å²) in [5, 5.41) is 9.40. The fourth-order valence-electron chi connectivity index (χ4n) is 2.33. The molecule has 0 aliphatic carbocycles. The van der Waals surface area contributed by atoms with Gasteiger partial charge in [-0.05, 0) is 19.1 Å². The third-order valence-electron chi connectivity index (χ3n) is 3.67. The highest BCUT2D eigenvalue weighted by Crippen LogP contribution is 2.45. The molecule has 0 saturated carbocycles. The van der Waals surface area contributed by atoms with Crippen LogP contribution in [0, 0.1) is 5.41 Å². The maximum Gasteiger partial charge on any atom is 0.418 e. The largest absolute Gasteiger partial charge is 0.418 e. The number of carbonyl (C=O) groups excluding carboxylic acids is 2. The zero-order valence-corrected chi connectivity index (χ0v) is 11.1. The van der Waals surface area contributed by atoms with Crippen LogP contribution >= 0.6 is 11.8 Å². The third-order valence-corrected chi connectivity index (χ3v) is 4.92. The normalized spacial score (nSPS) is 31.3. The Hall–Kier alpha value is -0.760. The van der Waals surface area contributed by atoms with Crippen molar-refractivity contribution in [2.45, 2.75) is 31.5 Å². The summed E-state index contributed by atoms with van der Waals surface area (Å²) in [4.78, 5) is 24.5. The summed E-state index contributed by atoms with van der Waals surface area (Å²) < 4.78 is 37.8. The Kier molecular flexibility index (Phi) is 3.37. The lowest BCUT2D eigenvalue weighted by Gasteiger charge is -2.30. The van der Waals surface area contributed by atoms with Crippen LogP contribution in [-0.4, -0.2) is 51.6 Å². The van der Waals surface area contributed by atoms with E-state index in [1.807, 2.05) is 0 Å². The van der Waals surface area contributed by atoms with E-state index in [4.69, 9.17) is 0 Å². The highest BCUT2D eigenvalue weighted by atomic mass is 32.2. The number of aliphatic hydroxyl groups is 1. The molecule has 2 aliphatic rings. The van der Waals surface area contributed by atoms with Crippen LogP contribution in [0.1, 0.15) is 19.8 Å². The Morgan fingerprint density at radius 1 is 1.42 bits per heavy atom. The number of halogens is 3. The molecule has 0 aromatic heterocycles. The molecule has 2 amide bonds. The van der Waals surface area contributed by atoms with Gasteiger partial charge in [-0.1, -0.05) is 0 Å². The summed E-state index contributed by atoms with van der Waals surface area (Å²) in [5.74, 6) is -0.0193. The van der Waals surface area contributed by atoms with Crippen molar-refractivity contribution < 1.29 is 27.9 Å². The van der Waals surface area contributed by atoms with Crippen LogP contribution < -0.4 is 0 Å². The predicted molar refractivity (Wildman–Crippen MR) is 62.4 cm³/mol. The van der Waals surface area contributed by atoms with Crippen molar-refractivity contribution >= 4 is 23.6 Å². The number of amides is 2. The number of β-amino-alcohol motifs (C(OH)–C–C–N with tert-alkyl or cyclic N) is 1. The Bertz CT molecular complexity index is 416. The van der Waals surface area contributed by atoms with E-state index in [0.29, 0.717) is 24.0 Å². The number of nitrogens with zero attached hydrogens (tertiary/aromatic N) is 1. The van der Waals surface area contributed by atoms with Crippen LogP contribution in [0.3, 0.4) is 0 Å². The lowest BCUT2D eigenvalue weighted by atomic mass is 9.86. The first kappa shape index (κ1) is 14.6. The fraction of sp³-hybridized carbons (Fsp3) is 0.818. The number of thioether (sulfide) groups is 1. The second kappa shape index (κ2) is 4.37. The molecule has 2 rings (SSSR count). The monoisotopic (exact) mass is 297 g/mol. The van der Waals surface area contributed by atoms with Crippen LogP contribution in [0.4, 0.5) is 13.2 Å². The number of alkyl halides is 3. The minimum atomic E-state index is -4.88. The van der Waals surface area contributed by atoms with E-state index in [1.165, 1.54) is 11.8 Å². The van der Waals surface area contributed by atoms with Crippen molar-refractivity contribution in [1.29, 1.82) is 0 Å². The average molecular weight is 297 g/mol. The molecule has 1 spiro atoms. The molecule has 2 aliphatic heterocycles. The van der Waals surface area contributed by atoms with Gasteiger partial charge < -0.3 is 5.11 Å². The summed E-state index contributed by atoms with van der Waals surface area (Å²) >= 11 is 1.52. The first-order valence-corrected chi connectivity index (χ1v) is 6.96. The number of carbonyl (C=O) groups is 2. The number of hydrogen-bond acceptors (Lipinski definition) is 4. The molecule has 19 heavy (non-hydrogen) atoms. The van der Waals surface area contributed by atoms with Crippen molar-refractivity contribution in [2.24, 2.45) is 5.41 Å². The molecule has 2 saturated heterocycles. The maximum absolute atomic E-state index is 12.6. The molecule has 2 fully saturated rings. The van der Waals surface area contributed by atoms with Gasteiger partial charge in [0.15, 0.2) is 5.60 Å². The van der Waals surface area contributed by atoms with E-state index >= 15 is 0 Å². The minimum Gasteiger partial charge on any atom is -0.379 e. The minimum absolute atomic E-state index is 0.0488. The van der Waals surface area contributed by atoms with Crippen molar-refractivity contribution in [3.63, 3.8) is 0 Å². The molecule has 0 radical (unpaired) electrons. The lowest BCUT2D eigenvalue weighted by molar-refractivity contribution is -0.255. The number of imide groups is 1. The highest BCUT2D eigenvalue weighted by Gasteiger charge is 2.58. The van der Waals surface area contributed by atoms with Gasteiger partial charge in [-0.2, -0.15) is 24.9 Å². The number of hydrogen-bond donors (Lipinski definition) is 1. The molecule has 0 unspecified atom stereocenters. The molecule has 1 N–H and O–H groups in total. The second-order valence-electron chi connectivity index (χ2n) is 5.32. The molecule has 8 heteroatoms. The number of likely N-dealkylation sites (tertiary alicyclic amines) is 1. The zero-order valence-electron chi connectivity index (χ0n) is 10.3. The van der Waals surface area contributed by atoms with Crippen molar-refractivity contribution in [1.82, 2.24) is 4.90 Å². The van der Waals surface area contributed by atoms with Crippen LogP contribution in [-0.2, 0) is 9.59 Å². The summed E-state index contributed by atoms with van der Waals surface area (Å²) in [7, 11) is 0. The fourth-order valence-corrected chi connectivity index (χ4v) is 3.77. The Morgan fingerprint density at radius 3 is 2.53 bits per heavy atom. The summed E-state index contributed by atoms with van der Waals surface area (Å²) in [6.07, 6.45) is -4.42. The van der Waals surface area contributed by atoms with Gasteiger partial charge in [-0.15, -0.1) is 0 Å². The van der Waals surface area contributed by atoms with Crippen molar-refractivity contribution in [2.75, 3.05) is 18.1 Å². The lowest BCUT2D eigenvalue weighted by Crippen LogP contribution is -2.53. The van der Waals surface area contributed by atoms with Gasteiger partial charge in [0, 0.05) is 12.2 Å². The van der Waals surface area contributed by atoms with Crippen LogP contribution in [0.25, 0.3) is 0 Å². The van der Waals surface area contributed by atoms with Crippen LogP contribution in [0.2, 0.25) is 0 Å². The van der Waals surface area contributed by atoms with E-state index < -0.39 is 35.6 Å². The van der Waals surface area contributed by atoms with Crippen LogP contribution in [0.5, 0.6) is 0 Å². The van der Waals surface area contributed by atoms with Gasteiger partial charge in [0.25, 0.3) is 0 Å². The topological polar surface area (TPSA) is 57.6 Å². The molecule has 0 aromatic carbocycles. The average Bonchev–Trinajstić information content (AvgIpc) is 2.80. The second-order valence-corrected chi connectivity index (χ2v) is 6.42. The summed E-state index contributed by atoms with van der Waals surface area (Å²) in [6.45, 7) is -0.456. The van der Waals surface area contributed by atoms with E-state index in [2.05, 4.69) is 0 Å². The molecule has 2 atom stereocenters. The van der Waals surface area contributed by atoms with Gasteiger partial charge in [0.1, 0.15) is 0 Å². The Labute approximate surface area is 112 Å². The SMILES string of the molecule is C[C@@](O)(CN1C(=O)C[C@@]2(CCSC2)C1=O)C(F)(F)F. The van der Waals surface area contributed by atoms with E-state index in [0.717, 1.165) is 5.75 Å². The van der Waals surface area contributed by atoms with Gasteiger partial charge in [-0.25, -0.2) is 0 Å². The molecular weight excluding hydrogens is 283 g/mol. The van der Waals surface area contributed by atoms with Gasteiger partial charge in [0.2, 0.25) is 11.8 Å². The molecule has 0 bridgehead atoms. The van der Waals surface area contributed by atoms with E-state index in [-0.39, 0.29) is 6.42 Å². The predicted octanol–water partition coefficient (Wildman–Crippen LogP) is 1.18. The summed E-state index contributed by atoms with van der Waals surface area (Å²) in [6, 6.07) is 0. The molecule has 108 valence electrons. The Balaban J connectivity index is 2.18. The van der Waals surface area contributed by atoms with Crippen molar-refractivity contribution in [3.05, 3.63) is 0 Å². The van der Waals surface area contributed by atoms with E-state index in [9.17, 15) is 27.9 Å². The standard InChI is InChI=1S/C11H14F3NO3S/c1-9(18,11(12,13)14)5-15-7(16)4-10(8(15)17)2-3-19-6-10/h18H,2-6H2,1H3/t9-,10-/m1/s1. The first-order valence-electron chi connectivity index (χ1n) is 5.81. The maximum atomic E-state index is 12.6. The molecule has 2 heterocycles. The van der Waals surface area contributed by atoms with Crippen molar-refractivity contribution in [3.8, 4) is 0 Å². The smallest absolute Gasteiger partial charge is 0.379 e. The zero-order chi connectivity index (χ0) is 14.5. The first-order chi connectivity index (χ1) is 8.59. The van der Waals surface area contributed by atoms with Gasteiger partial charge in [-0.3, -0.25) is 14.5 Å². The van der Waals surface area contributed by atoms with Crippen LogP contribution in [0.15, 0.2) is 0 Å². The highest BCUT2D eigenvalue weighted by molar-refractivity contribution is 7.99. The summed E-state index contributed by atoms with van der Waals surface area (Å²) in [5.41, 5.74) is -3.92. The van der Waals surface area contributed by atoms with Gasteiger partial charge >= 0.3 is 6.18 Å². The molecule has 0 aromatic rings.